The molecular formula is C25H28ClN5O3S. The lowest BCUT2D eigenvalue weighted by Crippen LogP contribution is -2.42. The van der Waals surface area contributed by atoms with Gasteiger partial charge in [0.2, 0.25) is 5.01 Å². The first kappa shape index (κ1) is 25.1. The number of nitrogens with one attached hydrogen (secondary N) is 2. The molecule has 1 atom stereocenters. The molecule has 0 bridgehead atoms. The average molecular weight is 514 g/mol. The van der Waals surface area contributed by atoms with Crippen LogP contribution < -0.4 is 15.4 Å². The summed E-state index contributed by atoms with van der Waals surface area (Å²) in [7, 11) is 0. The van der Waals surface area contributed by atoms with E-state index in [1.165, 1.54) is 19.3 Å². The molecule has 0 aliphatic carbocycles. The van der Waals surface area contributed by atoms with E-state index >= 15 is 0 Å². The number of amides is 2. The molecule has 1 aromatic heterocycles. The number of aromatic nitrogens is 2. The second-order valence-electron chi connectivity index (χ2n) is 8.42. The van der Waals surface area contributed by atoms with E-state index in [9.17, 15) is 9.59 Å². The van der Waals surface area contributed by atoms with Gasteiger partial charge in [-0.1, -0.05) is 35.4 Å². The van der Waals surface area contributed by atoms with E-state index in [-0.39, 0.29) is 17.5 Å². The lowest BCUT2D eigenvalue weighted by molar-refractivity contribution is 0.0937. The third-order valence-electron chi connectivity index (χ3n) is 5.84. The Bertz CT molecular complexity index is 1150. The number of carbonyl (C=O) groups is 2. The van der Waals surface area contributed by atoms with E-state index in [4.69, 9.17) is 16.3 Å². The monoisotopic (exact) mass is 513 g/mol. The van der Waals surface area contributed by atoms with Crippen LogP contribution >= 0.6 is 22.9 Å². The van der Waals surface area contributed by atoms with Crippen LogP contribution in [0.1, 0.15) is 51.4 Å². The molecule has 1 aliphatic rings. The maximum absolute atomic E-state index is 12.6. The molecule has 0 saturated carbocycles. The number of piperidine rings is 1. The minimum atomic E-state index is -0.392. The van der Waals surface area contributed by atoms with Gasteiger partial charge in [0, 0.05) is 35.4 Å². The molecule has 1 saturated heterocycles. The van der Waals surface area contributed by atoms with Crippen molar-refractivity contribution in [3.63, 3.8) is 0 Å². The quantitative estimate of drug-likeness (QED) is 0.433. The van der Waals surface area contributed by atoms with Gasteiger partial charge in [-0.2, -0.15) is 0 Å². The van der Waals surface area contributed by atoms with Gasteiger partial charge in [0.05, 0.1) is 0 Å². The summed E-state index contributed by atoms with van der Waals surface area (Å²) in [5, 5.41) is 15.2. The minimum Gasteiger partial charge on any atom is -0.486 e. The molecule has 10 heteroatoms. The van der Waals surface area contributed by atoms with Gasteiger partial charge in [-0.05, 0) is 68.8 Å². The third-order valence-corrected chi connectivity index (χ3v) is 6.99. The zero-order valence-electron chi connectivity index (χ0n) is 19.5. The summed E-state index contributed by atoms with van der Waals surface area (Å²) in [5.74, 6) is 0.0938. The summed E-state index contributed by atoms with van der Waals surface area (Å²) in [6, 6.07) is 14.4. The first-order chi connectivity index (χ1) is 17.0. The molecule has 0 spiro atoms. The maximum atomic E-state index is 12.6. The van der Waals surface area contributed by atoms with Crippen molar-refractivity contribution in [1.82, 2.24) is 20.4 Å². The van der Waals surface area contributed by atoms with Gasteiger partial charge >= 0.3 is 0 Å². The molecule has 1 unspecified atom stereocenters. The summed E-state index contributed by atoms with van der Waals surface area (Å²) in [4.78, 5) is 27.7. The number of halogens is 1. The lowest BCUT2D eigenvalue weighted by Gasteiger charge is -2.33. The van der Waals surface area contributed by atoms with E-state index < -0.39 is 5.91 Å². The fourth-order valence-corrected chi connectivity index (χ4v) is 4.68. The molecule has 4 rings (SSSR count). The number of ether oxygens (including phenoxy) is 1. The summed E-state index contributed by atoms with van der Waals surface area (Å²) in [6.45, 7) is 4.94. The summed E-state index contributed by atoms with van der Waals surface area (Å²) < 4.78 is 5.65. The van der Waals surface area contributed by atoms with Crippen molar-refractivity contribution in [1.29, 1.82) is 0 Å². The second-order valence-corrected chi connectivity index (χ2v) is 9.91. The highest BCUT2D eigenvalue weighted by molar-refractivity contribution is 7.13. The first-order valence-electron chi connectivity index (χ1n) is 11.6. The number of anilines is 1. The Balaban J connectivity index is 1.27. The van der Waals surface area contributed by atoms with Gasteiger partial charge in [0.25, 0.3) is 11.8 Å². The zero-order valence-corrected chi connectivity index (χ0v) is 21.1. The van der Waals surface area contributed by atoms with Crippen LogP contribution in [0.5, 0.6) is 5.75 Å². The highest BCUT2D eigenvalue weighted by Crippen LogP contribution is 2.19. The number of rotatable bonds is 9. The second kappa shape index (κ2) is 12.1. The molecule has 8 nitrogen and oxygen atoms in total. The summed E-state index contributed by atoms with van der Waals surface area (Å²) >= 11 is 7.02. The lowest BCUT2D eigenvalue weighted by atomic mass is 10.0. The van der Waals surface area contributed by atoms with E-state index in [2.05, 4.69) is 32.7 Å². The normalized spacial score (nSPS) is 16.0. The Morgan fingerprint density at radius 3 is 2.77 bits per heavy atom. The highest BCUT2D eigenvalue weighted by atomic mass is 35.5. The zero-order chi connectivity index (χ0) is 24.6. The largest absolute Gasteiger partial charge is 0.486 e. The highest BCUT2D eigenvalue weighted by Gasteiger charge is 2.18. The molecule has 35 heavy (non-hydrogen) atoms. The summed E-state index contributed by atoms with van der Waals surface area (Å²) in [5.41, 5.74) is 1.00. The van der Waals surface area contributed by atoms with Crippen molar-refractivity contribution in [2.45, 2.75) is 38.8 Å². The van der Waals surface area contributed by atoms with Gasteiger partial charge in [0.15, 0.2) is 5.01 Å². The van der Waals surface area contributed by atoms with Gasteiger partial charge in [-0.15, -0.1) is 10.2 Å². The Morgan fingerprint density at radius 1 is 1.14 bits per heavy atom. The van der Waals surface area contributed by atoms with Crippen LogP contribution in [0.15, 0.2) is 48.5 Å². The summed E-state index contributed by atoms with van der Waals surface area (Å²) in [6.07, 6.45) is 3.70. The van der Waals surface area contributed by atoms with Gasteiger partial charge in [-0.3, -0.25) is 14.5 Å². The molecule has 2 amide bonds. The molecule has 0 radical (unpaired) electrons. The van der Waals surface area contributed by atoms with Crippen molar-refractivity contribution in [3.8, 4) is 5.75 Å². The Hall–Kier alpha value is -3.01. The van der Waals surface area contributed by atoms with Crippen molar-refractivity contribution < 1.29 is 14.3 Å². The standard InChI is InChI=1S/C25H28ClN5O3S/c1-17-5-2-3-13-31(17)14-12-27-23(32)18-6-4-7-20(15-18)28-24(33)25-30-29-22(35-25)16-34-21-10-8-19(26)9-11-21/h4,6-11,15,17H,2-3,5,12-14,16H2,1H3,(H,27,32)(H,28,33). The Labute approximate surface area is 213 Å². The molecular weight excluding hydrogens is 486 g/mol. The van der Waals surface area contributed by atoms with Crippen molar-refractivity contribution in [2.75, 3.05) is 25.0 Å². The SMILES string of the molecule is CC1CCCCN1CCNC(=O)c1cccc(NC(=O)c2nnc(COc3ccc(Cl)cc3)s2)c1. The molecule has 1 aliphatic heterocycles. The molecule has 2 heterocycles. The van der Waals surface area contributed by atoms with E-state index in [1.807, 2.05) is 0 Å². The smallest absolute Gasteiger partial charge is 0.286 e. The molecule has 2 N–H and O–H groups in total. The number of nitrogens with zero attached hydrogens (tertiary/aromatic N) is 3. The van der Waals surface area contributed by atoms with Crippen LogP contribution in [-0.2, 0) is 6.61 Å². The number of benzene rings is 2. The maximum Gasteiger partial charge on any atom is 0.286 e. The Morgan fingerprint density at radius 2 is 1.97 bits per heavy atom. The number of likely N-dealkylation sites (tertiary alicyclic amines) is 1. The van der Waals surface area contributed by atoms with E-state index in [0.29, 0.717) is 39.6 Å². The predicted molar refractivity (Wildman–Crippen MR) is 137 cm³/mol. The molecule has 3 aromatic rings. The molecule has 1 fully saturated rings. The van der Waals surface area contributed by atoms with Gasteiger partial charge in [0.1, 0.15) is 12.4 Å². The van der Waals surface area contributed by atoms with Crippen LogP contribution in [0, 0.1) is 0 Å². The van der Waals surface area contributed by atoms with Crippen molar-refractivity contribution in [3.05, 3.63) is 69.1 Å². The number of carbonyl (C=O) groups excluding carboxylic acids is 2. The first-order valence-corrected chi connectivity index (χ1v) is 12.8. The predicted octanol–water partition coefficient (Wildman–Crippen LogP) is 4.63. The molecule has 184 valence electrons. The third kappa shape index (κ3) is 7.24. The van der Waals surface area contributed by atoms with Crippen LogP contribution in [-0.4, -0.2) is 52.6 Å². The van der Waals surface area contributed by atoms with Crippen LogP contribution in [0.2, 0.25) is 5.02 Å². The number of hydrogen-bond acceptors (Lipinski definition) is 7. The minimum absolute atomic E-state index is 0.164. The van der Waals surface area contributed by atoms with Crippen LogP contribution in [0.4, 0.5) is 5.69 Å². The number of hydrogen-bond donors (Lipinski definition) is 2. The fraction of sp³-hybridized carbons (Fsp3) is 0.360. The van der Waals surface area contributed by atoms with Crippen LogP contribution in [0.25, 0.3) is 0 Å². The van der Waals surface area contributed by atoms with Crippen LogP contribution in [0.3, 0.4) is 0 Å². The Kier molecular flexibility index (Phi) is 8.68. The topological polar surface area (TPSA) is 96.5 Å². The molecule has 2 aromatic carbocycles. The van der Waals surface area contributed by atoms with E-state index in [0.717, 1.165) is 24.4 Å². The van der Waals surface area contributed by atoms with Crippen molar-refractivity contribution in [2.24, 2.45) is 0 Å². The fourth-order valence-electron chi connectivity index (χ4n) is 3.91. The van der Waals surface area contributed by atoms with Gasteiger partial charge < -0.3 is 15.4 Å². The van der Waals surface area contributed by atoms with Crippen molar-refractivity contribution >= 4 is 40.4 Å². The average Bonchev–Trinajstić information content (AvgIpc) is 3.34. The van der Waals surface area contributed by atoms with Gasteiger partial charge in [-0.25, -0.2) is 0 Å². The van der Waals surface area contributed by atoms with E-state index in [1.54, 1.807) is 48.5 Å².